The molecule has 1 fully saturated rings. The van der Waals surface area contributed by atoms with E-state index >= 15 is 0 Å². The molecular formula is C18H19FN2O3. The Kier molecular flexibility index (Phi) is 5.05. The maximum atomic E-state index is 14.2. The van der Waals surface area contributed by atoms with Crippen molar-refractivity contribution < 1.29 is 14.1 Å². The van der Waals surface area contributed by atoms with Crippen molar-refractivity contribution in [2.24, 2.45) is 5.92 Å². The second-order valence-corrected chi connectivity index (χ2v) is 5.99. The summed E-state index contributed by atoms with van der Waals surface area (Å²) in [6.45, 7) is 1.48. The van der Waals surface area contributed by atoms with E-state index in [0.29, 0.717) is 12.5 Å². The number of non-ortho nitro benzene ring substituents is 1. The van der Waals surface area contributed by atoms with Gasteiger partial charge in [-0.15, -0.1) is 0 Å². The van der Waals surface area contributed by atoms with Gasteiger partial charge in [0.15, 0.2) is 5.82 Å². The molecule has 0 radical (unpaired) electrons. The molecule has 2 aromatic rings. The van der Waals surface area contributed by atoms with Crippen molar-refractivity contribution in [2.75, 3.05) is 18.5 Å². The highest BCUT2D eigenvalue weighted by atomic mass is 19.1. The Hall–Kier alpha value is -2.47. The Bertz CT molecular complexity index is 703. The molecule has 126 valence electrons. The fourth-order valence-electron chi connectivity index (χ4n) is 2.99. The Morgan fingerprint density at radius 3 is 2.71 bits per heavy atom. The smallest absolute Gasteiger partial charge is 0.272 e. The van der Waals surface area contributed by atoms with Crippen molar-refractivity contribution in [3.05, 3.63) is 70.0 Å². The number of nitrogens with one attached hydrogen (secondary N) is 1. The lowest BCUT2D eigenvalue weighted by atomic mass is 9.94. The van der Waals surface area contributed by atoms with Crippen LogP contribution in [0.2, 0.25) is 0 Å². The molecule has 1 heterocycles. The van der Waals surface area contributed by atoms with Gasteiger partial charge in [0.1, 0.15) is 0 Å². The topological polar surface area (TPSA) is 64.4 Å². The lowest BCUT2D eigenvalue weighted by Gasteiger charge is -2.23. The molecule has 24 heavy (non-hydrogen) atoms. The van der Waals surface area contributed by atoms with Crippen LogP contribution < -0.4 is 5.32 Å². The van der Waals surface area contributed by atoms with Gasteiger partial charge in [-0.1, -0.05) is 30.3 Å². The van der Waals surface area contributed by atoms with Gasteiger partial charge in [-0.05, 0) is 30.4 Å². The summed E-state index contributed by atoms with van der Waals surface area (Å²) in [6.07, 6.45) is 1.81. The molecule has 0 spiro atoms. The van der Waals surface area contributed by atoms with Crippen molar-refractivity contribution in [1.29, 1.82) is 0 Å². The summed E-state index contributed by atoms with van der Waals surface area (Å²) in [7, 11) is 0. The van der Waals surface area contributed by atoms with Gasteiger partial charge in [0, 0.05) is 19.3 Å². The zero-order valence-electron chi connectivity index (χ0n) is 13.2. The average Bonchev–Trinajstić information content (AvgIpc) is 3.09. The van der Waals surface area contributed by atoms with Crippen LogP contribution in [-0.4, -0.2) is 18.1 Å². The van der Waals surface area contributed by atoms with E-state index in [9.17, 15) is 14.5 Å². The summed E-state index contributed by atoms with van der Waals surface area (Å²) in [5.41, 5.74) is 1.08. The number of ether oxygens (including phenoxy) is 1. The van der Waals surface area contributed by atoms with Crippen LogP contribution >= 0.6 is 0 Å². The summed E-state index contributed by atoms with van der Waals surface area (Å²) in [5.74, 6) is -0.198. The third kappa shape index (κ3) is 3.89. The molecule has 2 aromatic carbocycles. The first-order chi connectivity index (χ1) is 11.6. The van der Waals surface area contributed by atoms with Crippen molar-refractivity contribution >= 4 is 11.4 Å². The fourth-order valence-corrected chi connectivity index (χ4v) is 2.99. The third-order valence-corrected chi connectivity index (χ3v) is 4.29. The van der Waals surface area contributed by atoms with Gasteiger partial charge < -0.3 is 10.1 Å². The average molecular weight is 330 g/mol. The number of halogens is 1. The van der Waals surface area contributed by atoms with Crippen LogP contribution in [0.5, 0.6) is 0 Å². The number of hydrogen-bond acceptors (Lipinski definition) is 4. The van der Waals surface area contributed by atoms with E-state index in [-0.39, 0.29) is 17.4 Å². The minimum Gasteiger partial charge on any atom is -0.381 e. The zero-order valence-corrected chi connectivity index (χ0v) is 13.2. The Morgan fingerprint density at radius 2 is 2.08 bits per heavy atom. The number of benzene rings is 2. The molecule has 1 aliphatic heterocycles. The molecule has 0 aromatic heterocycles. The van der Waals surface area contributed by atoms with Crippen molar-refractivity contribution in [3.63, 3.8) is 0 Å². The molecule has 2 atom stereocenters. The lowest BCUT2D eigenvalue weighted by Crippen LogP contribution is -2.16. The van der Waals surface area contributed by atoms with Gasteiger partial charge in [-0.2, -0.15) is 0 Å². The number of hydrogen-bond donors (Lipinski definition) is 1. The van der Waals surface area contributed by atoms with E-state index < -0.39 is 10.7 Å². The minimum absolute atomic E-state index is 0.0751. The van der Waals surface area contributed by atoms with Gasteiger partial charge in [0.25, 0.3) is 5.69 Å². The second-order valence-electron chi connectivity index (χ2n) is 5.99. The molecule has 0 amide bonds. The predicted molar refractivity (Wildman–Crippen MR) is 89.4 cm³/mol. The quantitative estimate of drug-likeness (QED) is 0.633. The second kappa shape index (κ2) is 7.40. The first kappa shape index (κ1) is 16.4. The summed E-state index contributed by atoms with van der Waals surface area (Å²) in [5, 5.41) is 13.9. The van der Waals surface area contributed by atoms with Crippen LogP contribution in [0.15, 0.2) is 48.5 Å². The summed E-state index contributed by atoms with van der Waals surface area (Å²) < 4.78 is 19.6. The molecule has 0 aliphatic carbocycles. The number of nitro groups is 1. The predicted octanol–water partition coefficient (Wildman–Crippen LogP) is 4.31. The van der Waals surface area contributed by atoms with E-state index in [1.54, 1.807) is 0 Å². The van der Waals surface area contributed by atoms with Gasteiger partial charge in [-0.25, -0.2) is 4.39 Å². The summed E-state index contributed by atoms with van der Waals surface area (Å²) >= 11 is 0. The molecule has 2 unspecified atom stereocenters. The van der Waals surface area contributed by atoms with Crippen molar-refractivity contribution in [2.45, 2.75) is 18.9 Å². The fraction of sp³-hybridized carbons (Fsp3) is 0.333. The number of nitrogens with zero attached hydrogens (tertiary/aromatic N) is 1. The highest BCUT2D eigenvalue weighted by Gasteiger charge is 2.23. The van der Waals surface area contributed by atoms with E-state index in [1.165, 1.54) is 12.1 Å². The van der Waals surface area contributed by atoms with E-state index in [2.05, 4.69) is 5.32 Å². The monoisotopic (exact) mass is 330 g/mol. The van der Waals surface area contributed by atoms with Gasteiger partial charge >= 0.3 is 0 Å². The maximum Gasteiger partial charge on any atom is 0.272 e. The van der Waals surface area contributed by atoms with E-state index in [0.717, 1.165) is 31.1 Å². The highest BCUT2D eigenvalue weighted by Crippen LogP contribution is 2.31. The van der Waals surface area contributed by atoms with Crippen molar-refractivity contribution in [3.8, 4) is 0 Å². The lowest BCUT2D eigenvalue weighted by molar-refractivity contribution is -0.385. The molecule has 1 N–H and O–H groups in total. The van der Waals surface area contributed by atoms with Gasteiger partial charge in [0.2, 0.25) is 0 Å². The number of rotatable bonds is 6. The molecule has 1 saturated heterocycles. The molecule has 1 aliphatic rings. The molecular weight excluding hydrogens is 311 g/mol. The van der Waals surface area contributed by atoms with E-state index in [4.69, 9.17) is 4.74 Å². The standard InChI is InChI=1S/C18H19FN2O3/c19-16-11-15(21(22)23)6-7-17(16)20-18(10-13-8-9-24-12-13)14-4-2-1-3-5-14/h1-7,11,13,18,20H,8-10,12H2. The Labute approximate surface area is 139 Å². The first-order valence-corrected chi connectivity index (χ1v) is 7.96. The molecule has 5 nitrogen and oxygen atoms in total. The Morgan fingerprint density at radius 1 is 1.29 bits per heavy atom. The number of anilines is 1. The summed E-state index contributed by atoms with van der Waals surface area (Å²) in [4.78, 5) is 10.1. The normalized spacial score (nSPS) is 18.3. The largest absolute Gasteiger partial charge is 0.381 e. The highest BCUT2D eigenvalue weighted by molar-refractivity contribution is 5.51. The maximum absolute atomic E-state index is 14.2. The number of nitro benzene ring substituents is 1. The molecule has 6 heteroatoms. The first-order valence-electron chi connectivity index (χ1n) is 7.96. The van der Waals surface area contributed by atoms with Crippen LogP contribution in [0.4, 0.5) is 15.8 Å². The van der Waals surface area contributed by atoms with Gasteiger partial charge in [-0.3, -0.25) is 10.1 Å². The van der Waals surface area contributed by atoms with Crippen LogP contribution in [0.25, 0.3) is 0 Å². The van der Waals surface area contributed by atoms with Crippen LogP contribution in [-0.2, 0) is 4.74 Å². The third-order valence-electron chi connectivity index (χ3n) is 4.29. The zero-order chi connectivity index (χ0) is 16.9. The van der Waals surface area contributed by atoms with Crippen LogP contribution in [0, 0.1) is 21.8 Å². The van der Waals surface area contributed by atoms with E-state index in [1.807, 2.05) is 30.3 Å². The van der Waals surface area contributed by atoms with Crippen molar-refractivity contribution in [1.82, 2.24) is 0 Å². The van der Waals surface area contributed by atoms with Crippen LogP contribution in [0.3, 0.4) is 0 Å². The molecule has 3 rings (SSSR count). The molecule has 0 bridgehead atoms. The minimum atomic E-state index is -0.618. The SMILES string of the molecule is O=[N+]([O-])c1ccc(NC(CC2CCOC2)c2ccccc2)c(F)c1. The van der Waals surface area contributed by atoms with Gasteiger partial charge in [0.05, 0.1) is 22.7 Å². The Balaban J connectivity index is 1.82. The molecule has 0 saturated carbocycles. The van der Waals surface area contributed by atoms with Crippen LogP contribution in [0.1, 0.15) is 24.4 Å². The summed E-state index contributed by atoms with van der Waals surface area (Å²) in [6, 6.07) is 13.4.